The smallest absolute Gasteiger partial charge is 0.329 e. The first kappa shape index (κ1) is 52.5. The Balaban J connectivity index is 1.28. The topological polar surface area (TPSA) is 167 Å². The molecular weight excluding hydrogens is 855 g/mol. The van der Waals surface area contributed by atoms with E-state index in [-0.39, 0.29) is 55.6 Å². The first-order valence-corrected chi connectivity index (χ1v) is 24.7. The molecule has 6 rings (SSSR count). The van der Waals surface area contributed by atoms with Crippen molar-refractivity contribution >= 4 is 34.2 Å². The minimum atomic E-state index is -2.51. The number of aliphatic hydroxyl groups is 2. The third-order valence-electron chi connectivity index (χ3n) is 15.1. The van der Waals surface area contributed by atoms with Crippen molar-refractivity contribution in [3.05, 3.63) is 71.3 Å². The largest absolute Gasteiger partial charge is 0.456 e. The van der Waals surface area contributed by atoms with E-state index in [0.29, 0.717) is 50.7 Å². The predicted octanol–water partition coefficient (Wildman–Crippen LogP) is 7.85. The summed E-state index contributed by atoms with van der Waals surface area (Å²) in [5, 5.41) is 26.3. The van der Waals surface area contributed by atoms with Crippen LogP contribution in [0.25, 0.3) is 10.8 Å². The third-order valence-corrected chi connectivity index (χ3v) is 15.1. The van der Waals surface area contributed by atoms with Crippen LogP contribution in [0, 0.1) is 29.6 Å². The molecule has 0 aromatic heterocycles. The van der Waals surface area contributed by atoms with Gasteiger partial charge in [0, 0.05) is 52.0 Å². The molecule has 370 valence electrons. The Hall–Kier alpha value is -3.82. The summed E-state index contributed by atoms with van der Waals surface area (Å²) in [6, 6.07) is 13.4. The van der Waals surface area contributed by atoms with Gasteiger partial charge >= 0.3 is 5.97 Å². The average Bonchev–Trinajstić information content (AvgIpc) is 3.33. The molecule has 2 N–H and O–H groups in total. The van der Waals surface area contributed by atoms with Gasteiger partial charge in [-0.15, -0.1) is 0 Å². The molecule has 13 nitrogen and oxygen atoms in total. The second kappa shape index (κ2) is 23.7. The molecule has 3 heterocycles. The lowest BCUT2D eigenvalue weighted by atomic mass is 9.81. The Morgan fingerprint density at radius 1 is 0.866 bits per heavy atom. The van der Waals surface area contributed by atoms with Gasteiger partial charge in [-0.3, -0.25) is 14.4 Å². The van der Waals surface area contributed by atoms with Crippen LogP contribution in [0.15, 0.2) is 65.8 Å². The summed E-state index contributed by atoms with van der Waals surface area (Å²) in [5.41, 5.74) is 2.79. The fourth-order valence-electron chi connectivity index (χ4n) is 11.1. The summed E-state index contributed by atoms with van der Waals surface area (Å²) >= 11 is 0. The molecule has 67 heavy (non-hydrogen) atoms. The Kier molecular flexibility index (Phi) is 18.6. The fraction of sp³-hybridized carbons (Fsp3) is 0.667. The molecule has 1 saturated carbocycles. The average molecular weight is 932 g/mol. The number of carbonyl (C=O) groups is 4. The number of hydrogen-bond acceptors (Lipinski definition) is 12. The first-order chi connectivity index (χ1) is 32.0. The highest BCUT2D eigenvalue weighted by Crippen LogP contribution is 2.39. The van der Waals surface area contributed by atoms with E-state index >= 15 is 0 Å². The summed E-state index contributed by atoms with van der Waals surface area (Å²) in [6.07, 6.45) is 4.84. The van der Waals surface area contributed by atoms with E-state index in [2.05, 4.69) is 43.3 Å². The lowest BCUT2D eigenvalue weighted by Gasteiger charge is -2.47. The molecule has 1 aliphatic carbocycles. The number of ketones is 2. The zero-order chi connectivity index (χ0) is 48.6. The Labute approximate surface area is 397 Å². The van der Waals surface area contributed by atoms with Gasteiger partial charge in [0.05, 0.1) is 37.1 Å². The molecule has 3 fully saturated rings. The number of allylic oxidation sites excluding steroid dienone is 3. The van der Waals surface area contributed by atoms with Crippen molar-refractivity contribution in [1.82, 2.24) is 4.90 Å². The van der Waals surface area contributed by atoms with Crippen molar-refractivity contribution in [2.75, 3.05) is 27.9 Å². The van der Waals surface area contributed by atoms with Crippen molar-refractivity contribution < 1.29 is 57.8 Å². The van der Waals surface area contributed by atoms with Crippen LogP contribution >= 0.6 is 0 Å². The number of piperidine rings is 1. The van der Waals surface area contributed by atoms with Gasteiger partial charge in [-0.25, -0.2) is 4.79 Å². The number of methoxy groups -OCH3 is 3. The van der Waals surface area contributed by atoms with Crippen LogP contribution in [0.5, 0.6) is 0 Å². The van der Waals surface area contributed by atoms with Gasteiger partial charge in [0.1, 0.15) is 24.0 Å². The van der Waals surface area contributed by atoms with E-state index < -0.39 is 77.8 Å². The number of amides is 1. The van der Waals surface area contributed by atoms with Crippen LogP contribution in [-0.2, 0) is 54.2 Å². The van der Waals surface area contributed by atoms with Crippen molar-refractivity contribution in [3.63, 3.8) is 0 Å². The minimum absolute atomic E-state index is 0.0307. The number of nitrogens with zero attached hydrogens (tertiary/aromatic N) is 1. The number of ether oxygens (including phenoxy) is 6. The minimum Gasteiger partial charge on any atom is -0.456 e. The van der Waals surface area contributed by atoms with E-state index in [1.54, 1.807) is 35.2 Å². The standard InChI is InChI=1S/C54H77NO12/c1-10-39-24-32(2)23-33(3)25-47(63-8)50-48(64-9)27-35(5)54(61,67-50)51(58)52(59)55-22-14-13-17-42(55)53(60)66-49(36(6)43(56)30-44(39)57)34(4)26-37-19-21-45(46(29-37)62-7)65-31-38-18-20-40-15-11-12-16-41(40)28-38/h11-12,15-16,18,20,24,26,28,33,35-37,39,42-43,45-50,56,61H,10,13-14,17,19,21-23,25,27,29-31H2,1-9H3/b32-24+,34-26?. The normalized spacial score (nSPS) is 36.7. The highest BCUT2D eigenvalue weighted by Gasteiger charge is 2.56. The maximum Gasteiger partial charge on any atom is 0.329 e. The fourth-order valence-corrected chi connectivity index (χ4v) is 11.1. The van der Waals surface area contributed by atoms with Crippen molar-refractivity contribution in [2.45, 2.75) is 173 Å². The maximum atomic E-state index is 14.6. The van der Waals surface area contributed by atoms with Gasteiger partial charge in [-0.1, -0.05) is 81.8 Å². The highest BCUT2D eigenvalue weighted by atomic mass is 16.7. The number of fused-ring (bicyclic) bond motifs is 4. The van der Waals surface area contributed by atoms with Crippen molar-refractivity contribution in [1.29, 1.82) is 0 Å². The van der Waals surface area contributed by atoms with Gasteiger partial charge in [0.25, 0.3) is 11.7 Å². The zero-order valence-corrected chi connectivity index (χ0v) is 41.3. The highest BCUT2D eigenvalue weighted by molar-refractivity contribution is 6.39. The molecule has 0 spiro atoms. The summed E-state index contributed by atoms with van der Waals surface area (Å²) < 4.78 is 37.0. The number of cyclic esters (lactones) is 1. The summed E-state index contributed by atoms with van der Waals surface area (Å²) in [4.78, 5) is 58.5. The van der Waals surface area contributed by atoms with E-state index in [0.717, 1.165) is 29.4 Å². The van der Waals surface area contributed by atoms with Crippen LogP contribution in [0.1, 0.15) is 118 Å². The van der Waals surface area contributed by atoms with Crippen LogP contribution < -0.4 is 0 Å². The Morgan fingerprint density at radius 3 is 2.27 bits per heavy atom. The summed E-state index contributed by atoms with van der Waals surface area (Å²) in [6.45, 7) is 11.8. The van der Waals surface area contributed by atoms with Crippen LogP contribution in [-0.4, -0.2) is 121 Å². The van der Waals surface area contributed by atoms with E-state index in [1.807, 2.05) is 39.0 Å². The van der Waals surface area contributed by atoms with E-state index in [4.69, 9.17) is 28.4 Å². The lowest BCUT2D eigenvalue weighted by molar-refractivity contribution is -0.302. The number of benzene rings is 2. The van der Waals surface area contributed by atoms with Gasteiger partial charge in [0.2, 0.25) is 5.79 Å². The maximum absolute atomic E-state index is 14.6. The quantitative estimate of drug-likeness (QED) is 0.142. The van der Waals surface area contributed by atoms with E-state index in [1.165, 1.54) is 10.3 Å². The van der Waals surface area contributed by atoms with Gasteiger partial charge < -0.3 is 43.5 Å². The third kappa shape index (κ3) is 12.5. The molecule has 4 aliphatic rings. The molecule has 2 saturated heterocycles. The second-order valence-corrected chi connectivity index (χ2v) is 20.1. The molecule has 2 aromatic rings. The Morgan fingerprint density at radius 2 is 1.57 bits per heavy atom. The summed E-state index contributed by atoms with van der Waals surface area (Å²) in [5.74, 6) is -7.45. The van der Waals surface area contributed by atoms with E-state index in [9.17, 15) is 29.4 Å². The summed E-state index contributed by atoms with van der Waals surface area (Å²) in [7, 11) is 4.77. The van der Waals surface area contributed by atoms with Crippen LogP contribution in [0.4, 0.5) is 0 Å². The molecule has 13 heteroatoms. The number of esters is 1. The number of rotatable bonds is 9. The second-order valence-electron chi connectivity index (χ2n) is 20.1. The SMILES string of the molecule is CCC1/C=C(\C)CC(C)CC(OC)C2OC(O)(C(=O)C(=O)N3CCCCC3C(=O)OC(C(C)=CC3CCC(OCc4ccc5ccccc5c4)C(OC)C3)C(C)C(O)CC1=O)C(C)CC2OC. The number of Topliss-reactive ketones (excluding diaryl/α,β-unsaturated/α-hetero) is 2. The molecule has 14 unspecified atom stereocenters. The molecule has 3 aliphatic heterocycles. The van der Waals surface area contributed by atoms with Crippen molar-refractivity contribution in [3.8, 4) is 0 Å². The van der Waals surface area contributed by atoms with Gasteiger partial charge in [-0.2, -0.15) is 0 Å². The molecule has 2 aromatic carbocycles. The number of carbonyl (C=O) groups excluding carboxylic acids is 4. The lowest BCUT2D eigenvalue weighted by Crippen LogP contribution is -2.64. The van der Waals surface area contributed by atoms with Gasteiger partial charge in [0.15, 0.2) is 0 Å². The predicted molar refractivity (Wildman–Crippen MR) is 255 cm³/mol. The number of hydrogen-bond donors (Lipinski definition) is 2. The van der Waals surface area contributed by atoms with Gasteiger partial charge in [-0.05, 0) is 118 Å². The molecule has 2 bridgehead atoms. The Bertz CT molecular complexity index is 2080. The molecule has 0 radical (unpaired) electrons. The van der Waals surface area contributed by atoms with Crippen molar-refractivity contribution in [2.24, 2.45) is 29.6 Å². The monoisotopic (exact) mass is 932 g/mol. The molecule has 1 amide bonds. The van der Waals surface area contributed by atoms with Crippen LogP contribution in [0.2, 0.25) is 0 Å². The molecule has 14 atom stereocenters. The van der Waals surface area contributed by atoms with Crippen LogP contribution in [0.3, 0.4) is 0 Å². The first-order valence-electron chi connectivity index (χ1n) is 24.7. The number of aliphatic hydroxyl groups excluding tert-OH is 1. The molecular formula is C54H77NO12. The zero-order valence-electron chi connectivity index (χ0n) is 41.3.